The molecule has 2 amide bonds. The van der Waals surface area contributed by atoms with E-state index < -0.39 is 10.0 Å². The number of fused-ring (bicyclic) bond motifs is 1. The zero-order valence-corrected chi connectivity index (χ0v) is 17.8. The second-order valence-electron chi connectivity index (χ2n) is 7.48. The molecule has 4 rings (SSSR count). The molecule has 1 saturated heterocycles. The van der Waals surface area contributed by atoms with E-state index in [0.29, 0.717) is 44.0 Å². The molecule has 9 nitrogen and oxygen atoms in total. The van der Waals surface area contributed by atoms with Gasteiger partial charge in [0, 0.05) is 48.8 Å². The number of aromatic nitrogens is 2. The van der Waals surface area contributed by atoms with E-state index in [1.807, 2.05) is 17.5 Å². The number of amides is 2. The molecule has 1 unspecified atom stereocenters. The number of hydrogen-bond donors (Lipinski definition) is 2. The Morgan fingerprint density at radius 2 is 2.07 bits per heavy atom. The third kappa shape index (κ3) is 3.94. The summed E-state index contributed by atoms with van der Waals surface area (Å²) in [5.74, 6) is 0.378. The molecule has 11 heteroatoms. The summed E-state index contributed by atoms with van der Waals surface area (Å²) in [5.41, 5.74) is 0.816. The lowest BCUT2D eigenvalue weighted by Crippen LogP contribution is -2.41. The van der Waals surface area contributed by atoms with E-state index >= 15 is 0 Å². The molecule has 2 N–H and O–H groups in total. The first kappa shape index (κ1) is 20.0. The van der Waals surface area contributed by atoms with Crippen LogP contribution in [0.2, 0.25) is 0 Å². The number of carbonyl (C=O) groups excluding carboxylic acids is 2. The highest BCUT2D eigenvalue weighted by molar-refractivity contribution is 7.88. The van der Waals surface area contributed by atoms with Crippen molar-refractivity contribution in [3.8, 4) is 0 Å². The zero-order valence-electron chi connectivity index (χ0n) is 16.2. The molecule has 0 bridgehead atoms. The fourth-order valence-corrected chi connectivity index (χ4v) is 5.69. The highest BCUT2D eigenvalue weighted by Gasteiger charge is 2.35. The Bertz CT molecular complexity index is 1040. The topological polar surface area (TPSA) is 113 Å². The molecule has 29 heavy (non-hydrogen) atoms. The van der Waals surface area contributed by atoms with Crippen LogP contribution in [-0.2, 0) is 26.7 Å². The van der Waals surface area contributed by atoms with E-state index in [0.717, 1.165) is 10.4 Å². The molecular weight excluding hydrogens is 414 g/mol. The van der Waals surface area contributed by atoms with Gasteiger partial charge in [0.2, 0.25) is 21.8 Å². The number of rotatable bonds is 4. The largest absolute Gasteiger partial charge is 0.311 e. The minimum Gasteiger partial charge on any atom is -0.311 e. The van der Waals surface area contributed by atoms with Gasteiger partial charge in [-0.1, -0.05) is 6.07 Å². The Morgan fingerprint density at radius 3 is 2.69 bits per heavy atom. The van der Waals surface area contributed by atoms with Crippen LogP contribution in [-0.4, -0.2) is 53.7 Å². The van der Waals surface area contributed by atoms with Crippen molar-refractivity contribution in [1.29, 1.82) is 0 Å². The lowest BCUT2D eigenvalue weighted by atomic mass is 9.91. The number of thiophene rings is 1. The van der Waals surface area contributed by atoms with Gasteiger partial charge in [-0.05, 0) is 24.3 Å². The van der Waals surface area contributed by atoms with Crippen LogP contribution in [0, 0.1) is 5.92 Å². The van der Waals surface area contributed by atoms with E-state index in [4.69, 9.17) is 0 Å². The van der Waals surface area contributed by atoms with Gasteiger partial charge in [-0.15, -0.1) is 11.3 Å². The van der Waals surface area contributed by atoms with Gasteiger partial charge in [-0.3, -0.25) is 14.3 Å². The molecule has 4 heterocycles. The number of sulfonamides is 1. The minimum absolute atomic E-state index is 0.0788. The molecule has 2 aromatic rings. The monoisotopic (exact) mass is 437 g/mol. The lowest BCUT2D eigenvalue weighted by Gasteiger charge is -2.29. The summed E-state index contributed by atoms with van der Waals surface area (Å²) in [4.78, 5) is 26.1. The first-order valence-corrected chi connectivity index (χ1v) is 12.1. The van der Waals surface area contributed by atoms with Gasteiger partial charge in [-0.2, -0.15) is 5.10 Å². The molecule has 1 fully saturated rings. The molecule has 0 aromatic carbocycles. The van der Waals surface area contributed by atoms with Crippen molar-refractivity contribution in [3.05, 3.63) is 28.0 Å². The van der Waals surface area contributed by atoms with Crippen LogP contribution in [0.25, 0.3) is 0 Å². The summed E-state index contributed by atoms with van der Waals surface area (Å²) in [6, 6.07) is 3.92. The van der Waals surface area contributed by atoms with Crippen LogP contribution in [0.4, 0.5) is 11.6 Å². The minimum atomic E-state index is -3.23. The Labute approximate surface area is 173 Å². The third-order valence-electron chi connectivity index (χ3n) is 5.50. The van der Waals surface area contributed by atoms with Crippen molar-refractivity contribution in [2.24, 2.45) is 13.0 Å². The van der Waals surface area contributed by atoms with Crippen molar-refractivity contribution in [3.63, 3.8) is 0 Å². The van der Waals surface area contributed by atoms with Crippen LogP contribution in [0.3, 0.4) is 0 Å². The predicted molar refractivity (Wildman–Crippen MR) is 110 cm³/mol. The number of hydrogen-bond acceptors (Lipinski definition) is 6. The molecule has 2 aromatic heterocycles. The van der Waals surface area contributed by atoms with E-state index in [1.165, 1.54) is 10.6 Å². The van der Waals surface area contributed by atoms with Gasteiger partial charge in [-0.25, -0.2) is 12.7 Å². The second kappa shape index (κ2) is 7.54. The van der Waals surface area contributed by atoms with Crippen molar-refractivity contribution in [2.45, 2.75) is 25.2 Å². The number of nitrogens with one attached hydrogen (secondary N) is 2. The van der Waals surface area contributed by atoms with Crippen molar-refractivity contribution in [1.82, 2.24) is 14.1 Å². The fourth-order valence-electron chi connectivity index (χ4n) is 3.98. The van der Waals surface area contributed by atoms with Gasteiger partial charge in [0.25, 0.3) is 0 Å². The van der Waals surface area contributed by atoms with Gasteiger partial charge >= 0.3 is 0 Å². The maximum absolute atomic E-state index is 12.9. The molecule has 2 aliphatic heterocycles. The number of nitrogens with zero attached hydrogens (tertiary/aromatic N) is 3. The standard InChI is InChI=1S/C18H23N5O4S2/c1-22-17-15(12(10-14(24)19-17)13-4-3-9-28-13)16(21-22)20-18(25)11-5-7-23(8-6-11)29(2,26)27/h3-4,9,11-12H,5-8,10H2,1-2H3,(H,19,24)(H,20,21,25). The Hall–Kier alpha value is -2.24. The predicted octanol–water partition coefficient (Wildman–Crippen LogP) is 1.57. The summed E-state index contributed by atoms with van der Waals surface area (Å²) in [6.45, 7) is 0.677. The van der Waals surface area contributed by atoms with Gasteiger partial charge in [0.05, 0.1) is 6.26 Å². The van der Waals surface area contributed by atoms with E-state index in [-0.39, 0.29) is 23.7 Å². The van der Waals surface area contributed by atoms with Gasteiger partial charge < -0.3 is 10.6 Å². The number of anilines is 2. The smallest absolute Gasteiger partial charge is 0.228 e. The van der Waals surface area contributed by atoms with Crippen LogP contribution >= 0.6 is 11.3 Å². The van der Waals surface area contributed by atoms with Gasteiger partial charge in [0.15, 0.2) is 5.82 Å². The Morgan fingerprint density at radius 1 is 1.34 bits per heavy atom. The SMILES string of the molecule is Cn1nc(NC(=O)C2CCN(S(C)(=O)=O)CC2)c2c1NC(=O)CC2c1cccs1. The highest BCUT2D eigenvalue weighted by atomic mass is 32.2. The van der Waals surface area contributed by atoms with Crippen molar-refractivity contribution < 1.29 is 18.0 Å². The molecular formula is C18H23N5O4S2. The Balaban J connectivity index is 1.55. The number of piperidine rings is 1. The molecule has 0 radical (unpaired) electrons. The first-order valence-electron chi connectivity index (χ1n) is 9.40. The van der Waals surface area contributed by atoms with Crippen molar-refractivity contribution >= 4 is 44.8 Å². The molecule has 0 saturated carbocycles. The molecule has 0 aliphatic carbocycles. The fraction of sp³-hybridized carbons (Fsp3) is 0.500. The molecule has 0 spiro atoms. The summed E-state index contributed by atoms with van der Waals surface area (Å²) in [6.07, 6.45) is 2.43. The van der Waals surface area contributed by atoms with Gasteiger partial charge in [0.1, 0.15) is 5.82 Å². The van der Waals surface area contributed by atoms with Crippen LogP contribution in [0.15, 0.2) is 17.5 Å². The Kier molecular flexibility index (Phi) is 5.21. The van der Waals surface area contributed by atoms with Crippen LogP contribution < -0.4 is 10.6 Å². The molecule has 1 atom stereocenters. The summed E-state index contributed by atoms with van der Waals surface area (Å²) >= 11 is 1.57. The van der Waals surface area contributed by atoms with Crippen LogP contribution in [0.5, 0.6) is 0 Å². The second-order valence-corrected chi connectivity index (χ2v) is 10.4. The van der Waals surface area contributed by atoms with E-state index in [2.05, 4.69) is 15.7 Å². The average molecular weight is 438 g/mol. The molecule has 156 valence electrons. The molecule has 2 aliphatic rings. The van der Waals surface area contributed by atoms with Crippen molar-refractivity contribution in [2.75, 3.05) is 30.0 Å². The number of carbonyl (C=O) groups is 2. The summed E-state index contributed by atoms with van der Waals surface area (Å²) in [5, 5.41) is 12.2. The summed E-state index contributed by atoms with van der Waals surface area (Å²) in [7, 11) is -1.50. The lowest BCUT2D eigenvalue weighted by molar-refractivity contribution is -0.121. The number of aryl methyl sites for hydroxylation is 1. The normalized spacial score (nSPS) is 20.9. The average Bonchev–Trinajstić information content (AvgIpc) is 3.30. The maximum atomic E-state index is 12.9. The van der Waals surface area contributed by atoms with E-state index in [9.17, 15) is 18.0 Å². The first-order chi connectivity index (χ1) is 13.7. The third-order valence-corrected chi connectivity index (χ3v) is 7.79. The van der Waals surface area contributed by atoms with E-state index in [1.54, 1.807) is 23.1 Å². The van der Waals surface area contributed by atoms with Crippen LogP contribution in [0.1, 0.15) is 35.6 Å². The summed E-state index contributed by atoms with van der Waals surface area (Å²) < 4.78 is 26.3. The quantitative estimate of drug-likeness (QED) is 0.754. The highest BCUT2D eigenvalue weighted by Crippen LogP contribution is 2.42. The maximum Gasteiger partial charge on any atom is 0.228 e. The zero-order chi connectivity index (χ0) is 20.8.